The van der Waals surface area contributed by atoms with E-state index in [0.717, 1.165) is 24.1 Å². The Morgan fingerprint density at radius 2 is 2.05 bits per heavy atom. The van der Waals surface area contributed by atoms with Crippen LogP contribution in [0, 0.1) is 17.8 Å². The molecule has 2 rings (SSSR count). The number of carbonyl (C=O) groups excluding carboxylic acids is 1. The Hall–Kier alpha value is -1.84. The van der Waals surface area contributed by atoms with E-state index in [1.54, 1.807) is 12.1 Å². The first-order valence-electron chi connectivity index (χ1n) is 8.03. The molecule has 0 saturated carbocycles. The van der Waals surface area contributed by atoms with Crippen LogP contribution >= 0.6 is 0 Å². The monoisotopic (exact) mass is 303 g/mol. The number of aliphatic imine (C=N–C) groups is 1. The van der Waals surface area contributed by atoms with Crippen LogP contribution in [0.15, 0.2) is 29.3 Å². The van der Waals surface area contributed by atoms with E-state index in [0.29, 0.717) is 19.1 Å². The SMILES string of the molecule is CCCC1CN=C(c2ccc(O)cc2)C1C(=O)OCC(C)C. The third-order valence-corrected chi connectivity index (χ3v) is 3.90. The zero-order valence-corrected chi connectivity index (χ0v) is 13.6. The Kier molecular flexibility index (Phi) is 5.58. The standard InChI is InChI=1S/C18H25NO3/c1-4-5-14-10-19-17(13-6-8-15(20)9-7-13)16(14)18(21)22-11-12(2)3/h6-9,12,14,16,20H,4-5,10-11H2,1-3H3. The van der Waals surface area contributed by atoms with E-state index in [4.69, 9.17) is 4.74 Å². The first kappa shape index (κ1) is 16.5. The number of nitrogens with zero attached hydrogens (tertiary/aromatic N) is 1. The lowest BCUT2D eigenvalue weighted by Crippen LogP contribution is -2.31. The molecule has 2 unspecified atom stereocenters. The van der Waals surface area contributed by atoms with E-state index in [-0.39, 0.29) is 23.6 Å². The maximum atomic E-state index is 12.5. The van der Waals surface area contributed by atoms with E-state index in [1.807, 2.05) is 26.0 Å². The quantitative estimate of drug-likeness (QED) is 0.819. The average Bonchev–Trinajstić information content (AvgIpc) is 2.90. The lowest BCUT2D eigenvalue weighted by molar-refractivity contribution is -0.148. The fourth-order valence-corrected chi connectivity index (χ4v) is 2.82. The molecule has 1 aliphatic heterocycles. The van der Waals surface area contributed by atoms with Crippen LogP contribution in [0.5, 0.6) is 5.75 Å². The fourth-order valence-electron chi connectivity index (χ4n) is 2.82. The molecular weight excluding hydrogens is 278 g/mol. The van der Waals surface area contributed by atoms with Crippen LogP contribution < -0.4 is 0 Å². The Morgan fingerprint density at radius 1 is 1.36 bits per heavy atom. The first-order valence-corrected chi connectivity index (χ1v) is 8.03. The van der Waals surface area contributed by atoms with Crippen LogP contribution in [0.4, 0.5) is 0 Å². The predicted octanol–water partition coefficient (Wildman–Crippen LogP) is 3.43. The summed E-state index contributed by atoms with van der Waals surface area (Å²) >= 11 is 0. The number of ether oxygens (including phenoxy) is 1. The van der Waals surface area contributed by atoms with Crippen molar-refractivity contribution in [3.63, 3.8) is 0 Å². The van der Waals surface area contributed by atoms with Gasteiger partial charge in [0.15, 0.2) is 0 Å². The molecule has 0 radical (unpaired) electrons. The van der Waals surface area contributed by atoms with Gasteiger partial charge in [-0.2, -0.15) is 0 Å². The first-order chi connectivity index (χ1) is 10.5. The van der Waals surface area contributed by atoms with Crippen LogP contribution in [0.3, 0.4) is 0 Å². The Morgan fingerprint density at radius 3 is 2.64 bits per heavy atom. The van der Waals surface area contributed by atoms with Crippen LogP contribution in [0.25, 0.3) is 0 Å². The van der Waals surface area contributed by atoms with Crippen molar-refractivity contribution < 1.29 is 14.6 Å². The van der Waals surface area contributed by atoms with Crippen molar-refractivity contribution in [2.45, 2.75) is 33.6 Å². The summed E-state index contributed by atoms with van der Waals surface area (Å²) in [5.74, 6) is 0.295. The van der Waals surface area contributed by atoms with Gasteiger partial charge in [-0.25, -0.2) is 0 Å². The van der Waals surface area contributed by atoms with E-state index >= 15 is 0 Å². The summed E-state index contributed by atoms with van der Waals surface area (Å²) in [4.78, 5) is 17.1. The highest BCUT2D eigenvalue weighted by atomic mass is 16.5. The minimum atomic E-state index is -0.289. The van der Waals surface area contributed by atoms with Gasteiger partial charge in [-0.15, -0.1) is 0 Å². The number of hydrogen-bond donors (Lipinski definition) is 1. The molecule has 0 bridgehead atoms. The van der Waals surface area contributed by atoms with Gasteiger partial charge < -0.3 is 9.84 Å². The molecule has 1 aromatic carbocycles. The molecule has 0 aromatic heterocycles. The normalized spacial score (nSPS) is 21.0. The average molecular weight is 303 g/mol. The molecule has 4 heteroatoms. The second-order valence-electron chi connectivity index (χ2n) is 6.32. The summed E-state index contributed by atoms with van der Waals surface area (Å²) in [6.45, 7) is 7.29. The van der Waals surface area contributed by atoms with Crippen LogP contribution in [-0.2, 0) is 9.53 Å². The van der Waals surface area contributed by atoms with Gasteiger partial charge in [0.1, 0.15) is 11.7 Å². The van der Waals surface area contributed by atoms with Crippen LogP contribution in [0.2, 0.25) is 0 Å². The third-order valence-electron chi connectivity index (χ3n) is 3.90. The second-order valence-corrected chi connectivity index (χ2v) is 6.32. The zero-order chi connectivity index (χ0) is 16.1. The molecule has 1 aliphatic rings. The Labute approximate surface area is 132 Å². The van der Waals surface area contributed by atoms with Gasteiger partial charge in [0.05, 0.1) is 12.3 Å². The van der Waals surface area contributed by atoms with E-state index in [9.17, 15) is 9.90 Å². The van der Waals surface area contributed by atoms with E-state index in [1.165, 1.54) is 0 Å². The fraction of sp³-hybridized carbons (Fsp3) is 0.556. The molecule has 1 aromatic rings. The summed E-state index contributed by atoms with van der Waals surface area (Å²) in [6, 6.07) is 6.87. The summed E-state index contributed by atoms with van der Waals surface area (Å²) < 4.78 is 5.47. The van der Waals surface area contributed by atoms with Gasteiger partial charge in [-0.1, -0.05) is 27.2 Å². The number of esters is 1. The van der Waals surface area contributed by atoms with Crippen LogP contribution in [0.1, 0.15) is 39.2 Å². The highest BCUT2D eigenvalue weighted by molar-refractivity contribution is 6.13. The minimum Gasteiger partial charge on any atom is -0.508 e. The highest BCUT2D eigenvalue weighted by Gasteiger charge is 2.38. The molecule has 1 N–H and O–H groups in total. The smallest absolute Gasteiger partial charge is 0.315 e. The topological polar surface area (TPSA) is 58.9 Å². The van der Waals surface area contributed by atoms with Crippen molar-refractivity contribution in [2.75, 3.05) is 13.2 Å². The molecule has 0 fully saturated rings. The summed E-state index contributed by atoms with van der Waals surface area (Å²) in [5.41, 5.74) is 1.69. The number of rotatable bonds is 6. The molecule has 4 nitrogen and oxygen atoms in total. The lowest BCUT2D eigenvalue weighted by Gasteiger charge is -2.20. The highest BCUT2D eigenvalue weighted by Crippen LogP contribution is 2.31. The summed E-state index contributed by atoms with van der Waals surface area (Å²) in [7, 11) is 0. The van der Waals surface area contributed by atoms with Gasteiger partial charge in [-0.05, 0) is 48.1 Å². The molecule has 2 atom stereocenters. The molecule has 22 heavy (non-hydrogen) atoms. The van der Waals surface area contributed by atoms with Gasteiger partial charge >= 0.3 is 5.97 Å². The van der Waals surface area contributed by atoms with Crippen molar-refractivity contribution in [3.05, 3.63) is 29.8 Å². The van der Waals surface area contributed by atoms with Gasteiger partial charge in [0.25, 0.3) is 0 Å². The predicted molar refractivity (Wildman–Crippen MR) is 87.2 cm³/mol. The van der Waals surface area contributed by atoms with Gasteiger partial charge in [0.2, 0.25) is 0 Å². The maximum absolute atomic E-state index is 12.5. The molecule has 1 heterocycles. The van der Waals surface area contributed by atoms with Crippen molar-refractivity contribution in [3.8, 4) is 5.75 Å². The van der Waals surface area contributed by atoms with E-state index in [2.05, 4.69) is 11.9 Å². The molecule has 120 valence electrons. The van der Waals surface area contributed by atoms with Gasteiger partial charge in [0, 0.05) is 6.54 Å². The minimum absolute atomic E-state index is 0.170. The van der Waals surface area contributed by atoms with Crippen LogP contribution in [-0.4, -0.2) is 29.9 Å². The van der Waals surface area contributed by atoms with Gasteiger partial charge in [-0.3, -0.25) is 9.79 Å². The molecule has 0 amide bonds. The summed E-state index contributed by atoms with van der Waals surface area (Å²) in [6.07, 6.45) is 1.99. The van der Waals surface area contributed by atoms with Crippen molar-refractivity contribution in [1.82, 2.24) is 0 Å². The number of phenolic OH excluding ortho intramolecular Hbond substituents is 1. The summed E-state index contributed by atoms with van der Waals surface area (Å²) in [5, 5.41) is 9.42. The second kappa shape index (κ2) is 7.43. The Bertz CT molecular complexity index is 534. The molecule has 0 spiro atoms. The Balaban J connectivity index is 2.19. The maximum Gasteiger partial charge on any atom is 0.315 e. The molecule has 0 aliphatic carbocycles. The lowest BCUT2D eigenvalue weighted by atomic mass is 9.85. The number of aromatic hydroxyl groups is 1. The van der Waals surface area contributed by atoms with Crippen molar-refractivity contribution in [1.29, 1.82) is 0 Å². The van der Waals surface area contributed by atoms with E-state index < -0.39 is 0 Å². The number of benzene rings is 1. The molecule has 0 saturated heterocycles. The zero-order valence-electron chi connectivity index (χ0n) is 13.6. The van der Waals surface area contributed by atoms with Crippen molar-refractivity contribution in [2.24, 2.45) is 22.7 Å². The number of hydrogen-bond acceptors (Lipinski definition) is 4. The number of phenols is 1. The molecular formula is C18H25NO3. The van der Waals surface area contributed by atoms with Crippen molar-refractivity contribution >= 4 is 11.7 Å². The third kappa shape index (κ3) is 3.87. The largest absolute Gasteiger partial charge is 0.508 e. The number of carbonyl (C=O) groups is 1.